The van der Waals surface area contributed by atoms with Crippen molar-refractivity contribution < 1.29 is 19.1 Å². The summed E-state index contributed by atoms with van der Waals surface area (Å²) in [5.41, 5.74) is 2.01. The zero-order valence-corrected chi connectivity index (χ0v) is 13.9. The second-order valence-corrected chi connectivity index (χ2v) is 5.81. The van der Waals surface area contributed by atoms with Crippen molar-refractivity contribution in [1.82, 2.24) is 5.12 Å². The molecule has 25 heavy (non-hydrogen) atoms. The van der Waals surface area contributed by atoms with E-state index < -0.39 is 29.7 Å². The zero-order chi connectivity index (χ0) is 18.3. The van der Waals surface area contributed by atoms with Crippen molar-refractivity contribution in [3.63, 3.8) is 0 Å². The Morgan fingerprint density at radius 2 is 1.96 bits per heavy atom. The summed E-state index contributed by atoms with van der Waals surface area (Å²) >= 11 is 0. The summed E-state index contributed by atoms with van der Waals surface area (Å²) in [5, 5.41) is 6.92. The Balaban J connectivity index is 2.02. The summed E-state index contributed by atoms with van der Waals surface area (Å²) in [6.07, 6.45) is 0. The first kappa shape index (κ1) is 16.7. The molecular weight excluding hydrogens is 328 g/mol. The molecule has 0 aliphatic carbocycles. The van der Waals surface area contributed by atoms with Crippen LogP contribution in [0.15, 0.2) is 28.6 Å². The van der Waals surface area contributed by atoms with Gasteiger partial charge in [-0.15, -0.1) is 15.1 Å². The summed E-state index contributed by atoms with van der Waals surface area (Å²) in [5.74, 6) is -3.32. The van der Waals surface area contributed by atoms with Crippen molar-refractivity contribution in [2.24, 2.45) is 16.3 Å². The highest BCUT2D eigenvalue weighted by atomic mass is 16.5. The molecule has 0 saturated carbocycles. The second-order valence-electron chi connectivity index (χ2n) is 5.81. The molecule has 0 N–H and O–H groups in total. The molecule has 2 atom stereocenters. The van der Waals surface area contributed by atoms with Crippen LogP contribution in [0.4, 0.5) is 5.69 Å². The average Bonchev–Trinajstić information content (AvgIpc) is 3.08. The Labute approximate surface area is 143 Å². The van der Waals surface area contributed by atoms with Gasteiger partial charge in [-0.1, -0.05) is 6.07 Å². The first-order valence-corrected chi connectivity index (χ1v) is 7.73. The molecule has 1 saturated heterocycles. The van der Waals surface area contributed by atoms with Crippen LogP contribution in [-0.4, -0.2) is 41.3 Å². The lowest BCUT2D eigenvalue weighted by atomic mass is 9.98. The molecule has 9 nitrogen and oxygen atoms in total. The number of benzene rings is 1. The van der Waals surface area contributed by atoms with E-state index >= 15 is 0 Å². The SMILES string of the molecule is CCOC(=O)C1=NN(N=O)[C@H]2C(=O)N(c3ccc(C)c(C)c3)C(=O)[C@H]12. The minimum Gasteiger partial charge on any atom is -0.461 e. The lowest BCUT2D eigenvalue weighted by molar-refractivity contribution is -0.136. The van der Waals surface area contributed by atoms with E-state index in [2.05, 4.69) is 10.4 Å². The first-order chi connectivity index (χ1) is 11.9. The zero-order valence-electron chi connectivity index (χ0n) is 13.9. The van der Waals surface area contributed by atoms with Crippen molar-refractivity contribution in [1.29, 1.82) is 0 Å². The number of hydrogen-bond acceptors (Lipinski definition) is 7. The summed E-state index contributed by atoms with van der Waals surface area (Å²) in [6.45, 7) is 5.44. The van der Waals surface area contributed by atoms with Crippen molar-refractivity contribution >= 4 is 29.2 Å². The minimum atomic E-state index is -1.26. The van der Waals surface area contributed by atoms with Crippen LogP contribution in [0.5, 0.6) is 0 Å². The van der Waals surface area contributed by atoms with Crippen LogP contribution in [0.3, 0.4) is 0 Å². The molecular formula is C16H16N4O5. The van der Waals surface area contributed by atoms with E-state index in [4.69, 9.17) is 4.74 Å². The number of hydrogen-bond donors (Lipinski definition) is 0. The number of nitrogens with zero attached hydrogens (tertiary/aromatic N) is 4. The van der Waals surface area contributed by atoms with Crippen LogP contribution >= 0.6 is 0 Å². The Bertz CT molecular complexity index is 819. The number of esters is 1. The van der Waals surface area contributed by atoms with Gasteiger partial charge in [0, 0.05) is 0 Å². The monoisotopic (exact) mass is 344 g/mol. The number of carbonyl (C=O) groups excluding carboxylic acids is 3. The fourth-order valence-corrected chi connectivity index (χ4v) is 2.95. The third kappa shape index (κ3) is 2.48. The highest BCUT2D eigenvalue weighted by molar-refractivity contribution is 6.46. The number of anilines is 1. The molecule has 1 aromatic carbocycles. The molecule has 0 aromatic heterocycles. The van der Waals surface area contributed by atoms with Crippen molar-refractivity contribution in [3.05, 3.63) is 34.2 Å². The maximum atomic E-state index is 12.8. The Morgan fingerprint density at radius 1 is 1.24 bits per heavy atom. The van der Waals surface area contributed by atoms with Gasteiger partial charge in [0.2, 0.25) is 5.91 Å². The molecule has 2 aliphatic heterocycles. The van der Waals surface area contributed by atoms with E-state index in [-0.39, 0.29) is 12.3 Å². The third-order valence-electron chi connectivity index (χ3n) is 4.35. The van der Waals surface area contributed by atoms with E-state index in [1.807, 2.05) is 13.8 Å². The molecule has 2 aliphatic rings. The number of aryl methyl sites for hydroxylation is 2. The van der Waals surface area contributed by atoms with Crippen molar-refractivity contribution in [3.8, 4) is 0 Å². The highest BCUT2D eigenvalue weighted by Gasteiger charge is 2.59. The molecule has 9 heteroatoms. The van der Waals surface area contributed by atoms with E-state index in [0.29, 0.717) is 10.8 Å². The number of hydrazone groups is 1. The molecule has 1 aromatic rings. The van der Waals surface area contributed by atoms with Crippen LogP contribution in [0.25, 0.3) is 0 Å². The molecule has 130 valence electrons. The van der Waals surface area contributed by atoms with Crippen LogP contribution < -0.4 is 4.90 Å². The molecule has 0 unspecified atom stereocenters. The quantitative estimate of drug-likeness (QED) is 0.459. The molecule has 1 fully saturated rings. The molecule has 2 heterocycles. The molecule has 0 spiro atoms. The van der Waals surface area contributed by atoms with Crippen molar-refractivity contribution in [2.45, 2.75) is 26.8 Å². The van der Waals surface area contributed by atoms with E-state index in [9.17, 15) is 19.3 Å². The van der Waals surface area contributed by atoms with Gasteiger partial charge in [0.25, 0.3) is 5.91 Å². The van der Waals surface area contributed by atoms with Crippen LogP contribution in [0, 0.1) is 24.7 Å². The third-order valence-corrected chi connectivity index (χ3v) is 4.35. The topological polar surface area (TPSA) is 109 Å². The molecule has 3 rings (SSSR count). The van der Waals surface area contributed by atoms with Crippen molar-refractivity contribution in [2.75, 3.05) is 11.5 Å². The number of nitroso groups, excluding NO2 is 1. The summed E-state index contributed by atoms with van der Waals surface area (Å²) in [6, 6.07) is 3.87. The van der Waals surface area contributed by atoms with Gasteiger partial charge in [0.15, 0.2) is 11.8 Å². The Hall–Kier alpha value is -3.10. The minimum absolute atomic E-state index is 0.0762. The van der Waals surface area contributed by atoms with Gasteiger partial charge >= 0.3 is 5.97 Å². The van der Waals surface area contributed by atoms with E-state index in [1.54, 1.807) is 25.1 Å². The molecule has 0 radical (unpaired) electrons. The standard InChI is InChI=1S/C16H16N4O5/c1-4-25-16(23)12-11-13(20(17-12)18-24)15(22)19(14(11)21)10-6-5-8(2)9(3)7-10/h5-7,11,13H,4H2,1-3H3/t11-,13-/m1/s1. The largest absolute Gasteiger partial charge is 0.461 e. The Morgan fingerprint density at radius 3 is 2.56 bits per heavy atom. The van der Waals surface area contributed by atoms with Gasteiger partial charge < -0.3 is 4.74 Å². The summed E-state index contributed by atoms with van der Waals surface area (Å²) < 4.78 is 4.86. The van der Waals surface area contributed by atoms with Gasteiger partial charge in [-0.2, -0.15) is 0 Å². The Kier molecular flexibility index (Phi) is 4.07. The average molecular weight is 344 g/mol. The van der Waals surface area contributed by atoms with E-state index in [1.165, 1.54) is 0 Å². The lowest BCUT2D eigenvalue weighted by Gasteiger charge is -2.17. The molecule has 2 amide bonds. The normalized spacial score (nSPS) is 22.1. The predicted octanol–water partition coefficient (Wildman–Crippen LogP) is 1.08. The highest BCUT2D eigenvalue weighted by Crippen LogP contribution is 2.36. The number of fused-ring (bicyclic) bond motifs is 1. The summed E-state index contributed by atoms with van der Waals surface area (Å²) in [7, 11) is 0. The van der Waals surface area contributed by atoms with Gasteiger partial charge in [-0.3, -0.25) is 9.59 Å². The predicted molar refractivity (Wildman–Crippen MR) is 87.4 cm³/mol. The van der Waals surface area contributed by atoms with Crippen LogP contribution in [0.2, 0.25) is 0 Å². The lowest BCUT2D eigenvalue weighted by Crippen LogP contribution is -2.36. The first-order valence-electron chi connectivity index (χ1n) is 7.73. The van der Waals surface area contributed by atoms with Crippen LogP contribution in [0.1, 0.15) is 18.1 Å². The summed E-state index contributed by atoms with van der Waals surface area (Å²) in [4.78, 5) is 49.6. The number of carbonyl (C=O) groups is 3. The van der Waals surface area contributed by atoms with Gasteiger partial charge in [0.05, 0.1) is 17.6 Å². The number of rotatable bonds is 4. The fraction of sp³-hybridized carbons (Fsp3) is 0.375. The maximum Gasteiger partial charge on any atom is 0.355 e. The maximum absolute atomic E-state index is 12.8. The smallest absolute Gasteiger partial charge is 0.355 e. The van der Waals surface area contributed by atoms with E-state index in [0.717, 1.165) is 16.0 Å². The van der Waals surface area contributed by atoms with Crippen LogP contribution in [-0.2, 0) is 19.1 Å². The van der Waals surface area contributed by atoms with Gasteiger partial charge in [-0.25, -0.2) is 9.69 Å². The molecule has 0 bridgehead atoms. The van der Waals surface area contributed by atoms with Gasteiger partial charge in [-0.05, 0) is 44.0 Å². The van der Waals surface area contributed by atoms with Gasteiger partial charge in [0.1, 0.15) is 5.92 Å². The number of imide groups is 1. The number of ether oxygens (including phenoxy) is 1. The fourth-order valence-electron chi connectivity index (χ4n) is 2.95. The number of amides is 2. The second kappa shape index (κ2) is 6.08.